The van der Waals surface area contributed by atoms with Gasteiger partial charge in [0.2, 0.25) is 0 Å². The maximum atomic E-state index is 10.6. The minimum absolute atomic E-state index is 0.371. The topological polar surface area (TPSA) is 40.5 Å². The summed E-state index contributed by atoms with van der Waals surface area (Å²) in [5.74, 6) is -0.868. The van der Waals surface area contributed by atoms with Crippen LogP contribution in [-0.2, 0) is 11.3 Å². The molecule has 88 valence electrons. The summed E-state index contributed by atoms with van der Waals surface area (Å²) >= 11 is 7.37. The van der Waals surface area contributed by atoms with Crippen molar-refractivity contribution in [3.63, 3.8) is 0 Å². The molecule has 0 aliphatic rings. The van der Waals surface area contributed by atoms with Gasteiger partial charge in [-0.3, -0.25) is 4.90 Å². The zero-order valence-corrected chi connectivity index (χ0v) is 10.8. The summed E-state index contributed by atoms with van der Waals surface area (Å²) in [5, 5.41) is 8.69. The third-order valence-corrected chi connectivity index (χ3v) is 3.32. The average Bonchev–Trinajstić information content (AvgIpc) is 2.60. The Kier molecular flexibility index (Phi) is 4.99. The van der Waals surface area contributed by atoms with E-state index in [1.54, 1.807) is 24.3 Å². The average molecular weight is 260 g/mol. The SMILES string of the molecule is CC(=CCN(C)Cc1ccc(Cl)s1)C(=O)O. The number of thiophene rings is 1. The van der Waals surface area contributed by atoms with Crippen molar-refractivity contribution >= 4 is 28.9 Å². The fourth-order valence-electron chi connectivity index (χ4n) is 1.15. The monoisotopic (exact) mass is 259 g/mol. The van der Waals surface area contributed by atoms with Gasteiger partial charge in [0, 0.05) is 23.5 Å². The second-order valence-corrected chi connectivity index (χ2v) is 5.39. The molecule has 1 rings (SSSR count). The van der Waals surface area contributed by atoms with Gasteiger partial charge in [-0.1, -0.05) is 17.7 Å². The summed E-state index contributed by atoms with van der Waals surface area (Å²) in [6.07, 6.45) is 1.71. The second-order valence-electron chi connectivity index (χ2n) is 3.59. The van der Waals surface area contributed by atoms with Gasteiger partial charge in [-0.05, 0) is 26.1 Å². The molecule has 0 aromatic carbocycles. The highest BCUT2D eigenvalue weighted by atomic mass is 35.5. The van der Waals surface area contributed by atoms with E-state index in [9.17, 15) is 4.79 Å². The van der Waals surface area contributed by atoms with Crippen LogP contribution in [0.5, 0.6) is 0 Å². The van der Waals surface area contributed by atoms with Crippen molar-refractivity contribution in [3.05, 3.63) is 33.0 Å². The van der Waals surface area contributed by atoms with Crippen molar-refractivity contribution in [2.24, 2.45) is 0 Å². The predicted molar refractivity (Wildman–Crippen MR) is 67.1 cm³/mol. The smallest absolute Gasteiger partial charge is 0.330 e. The molecule has 3 nitrogen and oxygen atoms in total. The lowest BCUT2D eigenvalue weighted by molar-refractivity contribution is -0.132. The molecule has 1 heterocycles. The molecular weight excluding hydrogens is 246 g/mol. The fraction of sp³-hybridized carbons (Fsp3) is 0.364. The van der Waals surface area contributed by atoms with Crippen LogP contribution in [0, 0.1) is 0 Å². The highest BCUT2D eigenvalue weighted by molar-refractivity contribution is 7.16. The number of carboxylic acid groups (broad SMARTS) is 1. The normalized spacial score (nSPS) is 12.1. The molecule has 16 heavy (non-hydrogen) atoms. The highest BCUT2D eigenvalue weighted by Crippen LogP contribution is 2.22. The number of aliphatic carboxylic acids is 1. The van der Waals surface area contributed by atoms with E-state index in [1.807, 2.05) is 24.1 Å². The maximum Gasteiger partial charge on any atom is 0.330 e. The molecule has 0 aliphatic heterocycles. The number of likely N-dealkylation sites (N-methyl/N-ethyl adjacent to an activating group) is 1. The first-order chi connectivity index (χ1) is 7.49. The van der Waals surface area contributed by atoms with Gasteiger partial charge in [0.25, 0.3) is 0 Å². The third-order valence-electron chi connectivity index (χ3n) is 2.10. The summed E-state index contributed by atoms with van der Waals surface area (Å²) in [7, 11) is 1.94. The van der Waals surface area contributed by atoms with Gasteiger partial charge in [0.15, 0.2) is 0 Å². The Hall–Kier alpha value is -0.840. The summed E-state index contributed by atoms with van der Waals surface area (Å²) in [5.41, 5.74) is 0.371. The molecule has 0 atom stereocenters. The number of rotatable bonds is 5. The van der Waals surface area contributed by atoms with Crippen molar-refractivity contribution < 1.29 is 9.90 Å². The Morgan fingerprint density at radius 2 is 2.31 bits per heavy atom. The van der Waals surface area contributed by atoms with Crippen molar-refractivity contribution in [1.82, 2.24) is 4.90 Å². The first-order valence-electron chi connectivity index (χ1n) is 4.82. The molecule has 0 unspecified atom stereocenters. The van der Waals surface area contributed by atoms with Gasteiger partial charge >= 0.3 is 5.97 Å². The first kappa shape index (κ1) is 13.2. The van der Waals surface area contributed by atoms with E-state index < -0.39 is 5.97 Å². The number of hydrogen-bond acceptors (Lipinski definition) is 3. The van der Waals surface area contributed by atoms with Gasteiger partial charge in [-0.2, -0.15) is 0 Å². The Morgan fingerprint density at radius 1 is 1.62 bits per heavy atom. The van der Waals surface area contributed by atoms with Crippen molar-refractivity contribution in [2.75, 3.05) is 13.6 Å². The molecule has 0 radical (unpaired) electrons. The number of nitrogens with zero attached hydrogens (tertiary/aromatic N) is 1. The van der Waals surface area contributed by atoms with E-state index >= 15 is 0 Å². The Labute approximate surface area is 104 Å². The lowest BCUT2D eigenvalue weighted by Gasteiger charge is -2.12. The van der Waals surface area contributed by atoms with Crippen LogP contribution >= 0.6 is 22.9 Å². The number of carbonyl (C=O) groups is 1. The zero-order valence-electron chi connectivity index (χ0n) is 9.24. The van der Waals surface area contributed by atoms with Crippen molar-refractivity contribution in [2.45, 2.75) is 13.5 Å². The number of carboxylic acids is 1. The molecule has 0 spiro atoms. The van der Waals surface area contributed by atoms with Crippen LogP contribution in [0.25, 0.3) is 0 Å². The van der Waals surface area contributed by atoms with Gasteiger partial charge < -0.3 is 5.11 Å². The lowest BCUT2D eigenvalue weighted by atomic mass is 10.3. The molecule has 0 bridgehead atoms. The van der Waals surface area contributed by atoms with Gasteiger partial charge in [0.1, 0.15) is 0 Å². The predicted octanol–water partition coefficient (Wildman–Crippen LogP) is 2.86. The molecule has 1 aromatic heterocycles. The number of halogens is 1. The van der Waals surface area contributed by atoms with Crippen LogP contribution in [0.3, 0.4) is 0 Å². The van der Waals surface area contributed by atoms with E-state index in [-0.39, 0.29) is 0 Å². The molecule has 0 aliphatic carbocycles. The fourth-order valence-corrected chi connectivity index (χ4v) is 2.32. The molecule has 0 fully saturated rings. The lowest BCUT2D eigenvalue weighted by Crippen LogP contribution is -2.17. The molecule has 1 N–H and O–H groups in total. The first-order valence-corrected chi connectivity index (χ1v) is 6.01. The molecule has 5 heteroatoms. The molecule has 0 saturated heterocycles. The highest BCUT2D eigenvalue weighted by Gasteiger charge is 2.03. The Balaban J connectivity index is 2.45. The van der Waals surface area contributed by atoms with E-state index in [2.05, 4.69) is 0 Å². The largest absolute Gasteiger partial charge is 0.478 e. The Bertz CT molecular complexity index is 400. The van der Waals surface area contributed by atoms with E-state index in [0.717, 1.165) is 10.9 Å². The number of hydrogen-bond donors (Lipinski definition) is 1. The quantitative estimate of drug-likeness (QED) is 0.827. The van der Waals surface area contributed by atoms with Gasteiger partial charge in [0.05, 0.1) is 4.34 Å². The summed E-state index contributed by atoms with van der Waals surface area (Å²) in [6, 6.07) is 3.85. The van der Waals surface area contributed by atoms with Crippen LogP contribution < -0.4 is 0 Å². The van der Waals surface area contributed by atoms with Crippen LogP contribution in [0.4, 0.5) is 0 Å². The standard InChI is InChI=1S/C11H14ClNO2S/c1-8(11(14)15)5-6-13(2)7-9-3-4-10(12)16-9/h3-5H,6-7H2,1-2H3,(H,14,15). The minimum Gasteiger partial charge on any atom is -0.478 e. The third kappa shape index (κ3) is 4.35. The van der Waals surface area contributed by atoms with Crippen molar-refractivity contribution in [3.8, 4) is 0 Å². The Morgan fingerprint density at radius 3 is 2.81 bits per heavy atom. The van der Waals surface area contributed by atoms with Gasteiger partial charge in [-0.15, -0.1) is 11.3 Å². The molecule has 0 saturated carbocycles. The minimum atomic E-state index is -0.868. The molecule has 1 aromatic rings. The molecular formula is C11H14ClNO2S. The summed E-state index contributed by atoms with van der Waals surface area (Å²) < 4.78 is 0.778. The van der Waals surface area contributed by atoms with Crippen molar-refractivity contribution in [1.29, 1.82) is 0 Å². The van der Waals surface area contributed by atoms with Crippen LogP contribution in [0.2, 0.25) is 4.34 Å². The van der Waals surface area contributed by atoms with E-state index in [0.29, 0.717) is 12.1 Å². The maximum absolute atomic E-state index is 10.6. The molecule has 0 amide bonds. The van der Waals surface area contributed by atoms with Gasteiger partial charge in [-0.25, -0.2) is 4.79 Å². The van der Waals surface area contributed by atoms with E-state index in [1.165, 1.54) is 4.88 Å². The van der Waals surface area contributed by atoms with Crippen LogP contribution in [-0.4, -0.2) is 29.6 Å². The van der Waals surface area contributed by atoms with Crippen LogP contribution in [0.15, 0.2) is 23.8 Å². The van der Waals surface area contributed by atoms with Crippen LogP contribution in [0.1, 0.15) is 11.8 Å². The summed E-state index contributed by atoms with van der Waals surface area (Å²) in [6.45, 7) is 2.99. The second kappa shape index (κ2) is 6.03. The summed E-state index contributed by atoms with van der Waals surface area (Å²) in [4.78, 5) is 13.8. The zero-order chi connectivity index (χ0) is 12.1. The van der Waals surface area contributed by atoms with E-state index in [4.69, 9.17) is 16.7 Å².